The molecule has 1 aromatic rings. The van der Waals surface area contributed by atoms with Crippen LogP contribution in [0.5, 0.6) is 0 Å². The van der Waals surface area contributed by atoms with E-state index in [1.165, 1.54) is 16.3 Å². The van der Waals surface area contributed by atoms with Gasteiger partial charge in [-0.2, -0.15) is 0 Å². The first kappa shape index (κ1) is 17.5. The van der Waals surface area contributed by atoms with Gasteiger partial charge in [-0.25, -0.2) is 9.59 Å². The molecule has 3 rings (SSSR count). The van der Waals surface area contributed by atoms with E-state index in [-0.39, 0.29) is 0 Å². The number of rotatable bonds is 4. The van der Waals surface area contributed by atoms with E-state index >= 15 is 0 Å². The lowest BCUT2D eigenvalue weighted by Gasteiger charge is -2.37. The van der Waals surface area contributed by atoms with Crippen LogP contribution >= 0.6 is 0 Å². The van der Waals surface area contributed by atoms with Gasteiger partial charge in [0.25, 0.3) is 0 Å². The van der Waals surface area contributed by atoms with Crippen LogP contribution in [0, 0.1) is 5.92 Å². The molecule has 6 nitrogen and oxygen atoms in total. The number of aryl methyl sites for hydroxylation is 1. The molecule has 1 saturated heterocycles. The number of anilines is 1. The molecule has 6 heteroatoms. The van der Waals surface area contributed by atoms with Gasteiger partial charge in [-0.15, -0.1) is 0 Å². The molecule has 0 bridgehead atoms. The Kier molecular flexibility index (Phi) is 5.38. The smallest absolute Gasteiger partial charge is 0.350 e. The minimum absolute atomic E-state index is 0.435. The van der Waals surface area contributed by atoms with Crippen molar-refractivity contribution < 1.29 is 19.2 Å². The standard InChI is InChI=1S/C19H24N2O4/c1-20(2)16-7-5-14(6-8-16)3-4-15-11-12-21-17(13-15)24-18(22)9-10-19(23)25-21/h5-10,15,17H,3-4,11-13H2,1-2H3/b10-9+. The molecule has 2 aliphatic heterocycles. The van der Waals surface area contributed by atoms with Crippen molar-refractivity contribution in [3.05, 3.63) is 42.0 Å². The summed E-state index contributed by atoms with van der Waals surface area (Å²) in [6.07, 6.45) is 5.34. The molecular weight excluding hydrogens is 320 g/mol. The van der Waals surface area contributed by atoms with Crippen molar-refractivity contribution in [2.45, 2.75) is 31.9 Å². The van der Waals surface area contributed by atoms with E-state index in [0.29, 0.717) is 18.9 Å². The fraction of sp³-hybridized carbons (Fsp3) is 0.474. The number of hydroxylamine groups is 2. The predicted molar refractivity (Wildman–Crippen MR) is 93.6 cm³/mol. The Balaban J connectivity index is 1.55. The minimum atomic E-state index is -0.527. The molecule has 0 N–H and O–H groups in total. The van der Waals surface area contributed by atoms with Crippen LogP contribution in [0.1, 0.15) is 24.8 Å². The molecule has 2 heterocycles. The maximum Gasteiger partial charge on any atom is 0.350 e. The number of carbonyl (C=O) groups is 2. The van der Waals surface area contributed by atoms with Gasteiger partial charge in [-0.3, -0.25) is 0 Å². The van der Waals surface area contributed by atoms with Crippen molar-refractivity contribution in [1.29, 1.82) is 0 Å². The van der Waals surface area contributed by atoms with Crippen LogP contribution in [0.4, 0.5) is 5.69 Å². The number of esters is 1. The maximum atomic E-state index is 11.7. The highest BCUT2D eigenvalue weighted by Gasteiger charge is 2.34. The van der Waals surface area contributed by atoms with Crippen LogP contribution in [0.15, 0.2) is 36.4 Å². The second kappa shape index (κ2) is 7.70. The monoisotopic (exact) mass is 344 g/mol. The summed E-state index contributed by atoms with van der Waals surface area (Å²) in [5.74, 6) is -0.586. The van der Waals surface area contributed by atoms with E-state index in [1.807, 2.05) is 14.1 Å². The van der Waals surface area contributed by atoms with Gasteiger partial charge < -0.3 is 14.5 Å². The summed E-state index contributed by atoms with van der Waals surface area (Å²) in [6, 6.07) is 8.57. The Hall–Kier alpha value is -2.34. The predicted octanol–water partition coefficient (Wildman–Crippen LogP) is 2.29. The van der Waals surface area contributed by atoms with E-state index in [0.717, 1.165) is 31.4 Å². The van der Waals surface area contributed by atoms with Gasteiger partial charge in [0, 0.05) is 44.9 Å². The van der Waals surface area contributed by atoms with Gasteiger partial charge in [-0.1, -0.05) is 17.2 Å². The van der Waals surface area contributed by atoms with Crippen LogP contribution in [-0.2, 0) is 25.6 Å². The number of benzene rings is 1. The highest BCUT2D eigenvalue weighted by atomic mass is 16.7. The summed E-state index contributed by atoms with van der Waals surface area (Å²) in [4.78, 5) is 30.5. The normalized spacial score (nSPS) is 25.2. The summed E-state index contributed by atoms with van der Waals surface area (Å²) < 4.78 is 5.39. The molecule has 2 unspecified atom stereocenters. The molecule has 0 radical (unpaired) electrons. The SMILES string of the molecule is CN(C)c1ccc(CCC2CCN3OC(=O)/C=C/C(=O)OC3C2)cc1. The highest BCUT2D eigenvalue weighted by molar-refractivity contribution is 5.92. The molecule has 0 amide bonds. The topological polar surface area (TPSA) is 59.1 Å². The van der Waals surface area contributed by atoms with Crippen molar-refractivity contribution in [2.75, 3.05) is 25.5 Å². The molecule has 0 spiro atoms. The van der Waals surface area contributed by atoms with Crippen molar-refractivity contribution in [3.63, 3.8) is 0 Å². The van der Waals surface area contributed by atoms with Crippen LogP contribution < -0.4 is 4.90 Å². The third-order valence-corrected chi connectivity index (χ3v) is 4.72. The molecular formula is C19H24N2O4. The number of piperidine rings is 1. The second-order valence-corrected chi connectivity index (χ2v) is 6.77. The summed E-state index contributed by atoms with van der Waals surface area (Å²) in [5, 5.41) is 1.49. The van der Waals surface area contributed by atoms with Crippen molar-refractivity contribution >= 4 is 17.6 Å². The third kappa shape index (κ3) is 4.60. The summed E-state index contributed by atoms with van der Waals surface area (Å²) in [5.41, 5.74) is 2.49. The second-order valence-electron chi connectivity index (χ2n) is 6.77. The van der Waals surface area contributed by atoms with Gasteiger partial charge in [0.2, 0.25) is 0 Å². The van der Waals surface area contributed by atoms with Crippen molar-refractivity contribution in [2.24, 2.45) is 5.92 Å². The summed E-state index contributed by atoms with van der Waals surface area (Å²) in [7, 11) is 4.06. The number of hydrogen-bond acceptors (Lipinski definition) is 6. The first-order chi connectivity index (χ1) is 12.0. The molecule has 25 heavy (non-hydrogen) atoms. The molecule has 0 aliphatic carbocycles. The van der Waals surface area contributed by atoms with Crippen LogP contribution in [-0.4, -0.2) is 43.9 Å². The lowest BCUT2D eigenvalue weighted by Crippen LogP contribution is -2.46. The van der Waals surface area contributed by atoms with Gasteiger partial charge >= 0.3 is 11.9 Å². The number of hydrogen-bond donors (Lipinski definition) is 0. The van der Waals surface area contributed by atoms with E-state index in [4.69, 9.17) is 9.57 Å². The summed E-state index contributed by atoms with van der Waals surface area (Å²) in [6.45, 7) is 0.585. The van der Waals surface area contributed by atoms with Crippen molar-refractivity contribution in [1.82, 2.24) is 5.06 Å². The molecule has 0 aromatic heterocycles. The first-order valence-electron chi connectivity index (χ1n) is 8.65. The first-order valence-corrected chi connectivity index (χ1v) is 8.65. The number of nitrogens with zero attached hydrogens (tertiary/aromatic N) is 2. The number of carbonyl (C=O) groups excluding carboxylic acids is 2. The van der Waals surface area contributed by atoms with Crippen LogP contribution in [0.2, 0.25) is 0 Å². The molecule has 1 fully saturated rings. The number of fused-ring (bicyclic) bond motifs is 1. The average Bonchev–Trinajstić information content (AvgIpc) is 2.59. The van der Waals surface area contributed by atoms with E-state index in [9.17, 15) is 9.59 Å². The van der Waals surface area contributed by atoms with E-state index in [2.05, 4.69) is 29.2 Å². The molecule has 0 saturated carbocycles. The number of ether oxygens (including phenoxy) is 1. The minimum Gasteiger partial charge on any atom is -0.440 e. The van der Waals surface area contributed by atoms with Gasteiger partial charge in [0.05, 0.1) is 0 Å². The lowest BCUT2D eigenvalue weighted by molar-refractivity contribution is -0.251. The van der Waals surface area contributed by atoms with Gasteiger partial charge in [0.1, 0.15) is 0 Å². The van der Waals surface area contributed by atoms with Crippen molar-refractivity contribution in [3.8, 4) is 0 Å². The van der Waals surface area contributed by atoms with E-state index < -0.39 is 18.2 Å². The molecule has 2 aliphatic rings. The molecule has 1 aromatic carbocycles. The fourth-order valence-electron chi connectivity index (χ4n) is 3.23. The largest absolute Gasteiger partial charge is 0.440 e. The Bertz CT molecular complexity index is 654. The zero-order valence-corrected chi connectivity index (χ0v) is 14.7. The Morgan fingerprint density at radius 1 is 1.12 bits per heavy atom. The van der Waals surface area contributed by atoms with Gasteiger partial charge in [-0.05, 0) is 42.9 Å². The Labute approximate surface area is 147 Å². The zero-order valence-electron chi connectivity index (χ0n) is 14.7. The third-order valence-electron chi connectivity index (χ3n) is 4.72. The Morgan fingerprint density at radius 3 is 2.56 bits per heavy atom. The van der Waals surface area contributed by atoms with Crippen LogP contribution in [0.25, 0.3) is 0 Å². The molecule has 2 atom stereocenters. The maximum absolute atomic E-state index is 11.7. The van der Waals surface area contributed by atoms with Crippen LogP contribution in [0.3, 0.4) is 0 Å². The Morgan fingerprint density at radius 2 is 1.84 bits per heavy atom. The average molecular weight is 344 g/mol. The summed E-state index contributed by atoms with van der Waals surface area (Å²) >= 11 is 0. The fourth-order valence-corrected chi connectivity index (χ4v) is 3.23. The van der Waals surface area contributed by atoms with E-state index in [1.54, 1.807) is 0 Å². The lowest BCUT2D eigenvalue weighted by atomic mass is 9.90. The van der Waals surface area contributed by atoms with Gasteiger partial charge in [0.15, 0.2) is 6.23 Å². The quantitative estimate of drug-likeness (QED) is 0.781. The molecule has 134 valence electrons. The zero-order chi connectivity index (χ0) is 17.8. The highest BCUT2D eigenvalue weighted by Crippen LogP contribution is 2.29.